The van der Waals surface area contributed by atoms with Gasteiger partial charge in [-0.15, -0.1) is 0 Å². The van der Waals surface area contributed by atoms with E-state index in [2.05, 4.69) is 11.4 Å². The minimum Gasteiger partial charge on any atom is -0.455 e. The van der Waals surface area contributed by atoms with Gasteiger partial charge in [-0.2, -0.15) is 0 Å². The first-order valence-electron chi connectivity index (χ1n) is 11.5. The lowest BCUT2D eigenvalue weighted by molar-refractivity contribution is -0.138. The highest BCUT2D eigenvalue weighted by Crippen LogP contribution is 2.15. The maximum Gasteiger partial charge on any atom is 0.407 e. The Bertz CT molecular complexity index is 740. The largest absolute Gasteiger partial charge is 0.455 e. The van der Waals surface area contributed by atoms with Crippen LogP contribution in [0.2, 0.25) is 0 Å². The van der Waals surface area contributed by atoms with Crippen molar-refractivity contribution in [1.82, 2.24) is 5.32 Å². The summed E-state index contributed by atoms with van der Waals surface area (Å²) < 4.78 is 10.3. The van der Waals surface area contributed by atoms with Crippen molar-refractivity contribution in [3.05, 3.63) is 48.1 Å². The summed E-state index contributed by atoms with van der Waals surface area (Å²) in [5, 5.41) is 2.78. The van der Waals surface area contributed by atoms with E-state index in [-0.39, 0.29) is 23.9 Å². The number of hydrogen-bond donors (Lipinski definition) is 1. The highest BCUT2D eigenvalue weighted by Gasteiger charge is 2.19. The Hall–Kier alpha value is -2.63. The second-order valence-corrected chi connectivity index (χ2v) is 9.11. The maximum absolute atomic E-state index is 11.9. The fraction of sp³-hybridized carbons (Fsp3) is 0.577. The van der Waals surface area contributed by atoms with Gasteiger partial charge < -0.3 is 14.8 Å². The Morgan fingerprint density at radius 2 is 1.84 bits per heavy atom. The minimum absolute atomic E-state index is 0.0383. The van der Waals surface area contributed by atoms with Gasteiger partial charge in [-0.05, 0) is 85.3 Å². The van der Waals surface area contributed by atoms with E-state index in [9.17, 15) is 14.4 Å². The van der Waals surface area contributed by atoms with E-state index in [1.54, 1.807) is 12.2 Å². The van der Waals surface area contributed by atoms with Crippen molar-refractivity contribution < 1.29 is 23.9 Å². The SMILES string of the molecule is C[C@@H](CCCC(=O)/C=C/C=C/CCCC/C=C/C1=C[C@H](C)OC1=O)NC(=O)OC(C)(C)C. The van der Waals surface area contributed by atoms with Gasteiger partial charge in [-0.3, -0.25) is 4.79 Å². The molecule has 0 aromatic heterocycles. The summed E-state index contributed by atoms with van der Waals surface area (Å²) in [7, 11) is 0. The molecule has 1 aliphatic rings. The van der Waals surface area contributed by atoms with Crippen molar-refractivity contribution in [2.24, 2.45) is 0 Å². The zero-order valence-corrected chi connectivity index (χ0v) is 20.2. The Kier molecular flexibility index (Phi) is 12.4. The van der Waals surface area contributed by atoms with Gasteiger partial charge in [0.2, 0.25) is 0 Å². The lowest BCUT2D eigenvalue weighted by Gasteiger charge is -2.21. The van der Waals surface area contributed by atoms with Gasteiger partial charge in [0.25, 0.3) is 0 Å². The van der Waals surface area contributed by atoms with Crippen LogP contribution in [0.4, 0.5) is 4.79 Å². The molecule has 1 heterocycles. The molecule has 0 spiro atoms. The summed E-state index contributed by atoms with van der Waals surface area (Å²) in [4.78, 5) is 35.1. The molecule has 0 aliphatic carbocycles. The third kappa shape index (κ3) is 13.6. The molecule has 1 aliphatic heterocycles. The molecule has 2 atom stereocenters. The Morgan fingerprint density at radius 1 is 1.16 bits per heavy atom. The average molecular weight is 446 g/mol. The summed E-state index contributed by atoms with van der Waals surface area (Å²) >= 11 is 0. The van der Waals surface area contributed by atoms with Crippen molar-refractivity contribution in [2.45, 2.75) is 97.3 Å². The van der Waals surface area contributed by atoms with Crippen LogP contribution in [0.3, 0.4) is 0 Å². The molecule has 1 amide bonds. The van der Waals surface area contributed by atoms with Crippen LogP contribution in [0.15, 0.2) is 48.1 Å². The van der Waals surface area contributed by atoms with Crippen molar-refractivity contribution >= 4 is 17.8 Å². The van der Waals surface area contributed by atoms with Gasteiger partial charge in [0.15, 0.2) is 5.78 Å². The van der Waals surface area contributed by atoms with Crippen molar-refractivity contribution in [1.29, 1.82) is 0 Å². The van der Waals surface area contributed by atoms with Gasteiger partial charge in [0, 0.05) is 12.5 Å². The number of rotatable bonds is 13. The van der Waals surface area contributed by atoms with Gasteiger partial charge >= 0.3 is 12.1 Å². The summed E-state index contributed by atoms with van der Waals surface area (Å²) in [6, 6.07) is -0.0383. The normalized spacial score (nSPS) is 17.7. The van der Waals surface area contributed by atoms with Gasteiger partial charge in [-0.25, -0.2) is 9.59 Å². The van der Waals surface area contributed by atoms with Gasteiger partial charge in [0.05, 0.1) is 5.57 Å². The first-order chi connectivity index (χ1) is 15.1. The van der Waals surface area contributed by atoms with E-state index >= 15 is 0 Å². The first kappa shape index (κ1) is 27.4. The van der Waals surface area contributed by atoms with Crippen LogP contribution in [-0.2, 0) is 19.1 Å². The van der Waals surface area contributed by atoms with Crippen LogP contribution in [0, 0.1) is 0 Å². The molecule has 0 aromatic rings. The summed E-state index contributed by atoms with van der Waals surface area (Å²) in [6.45, 7) is 9.23. The molecule has 0 saturated carbocycles. The molecule has 0 radical (unpaired) electrons. The molecule has 178 valence electrons. The van der Waals surface area contributed by atoms with E-state index in [1.165, 1.54) is 0 Å². The molecule has 6 heteroatoms. The molecule has 0 fully saturated rings. The number of unbranched alkanes of at least 4 members (excludes halogenated alkanes) is 3. The monoisotopic (exact) mass is 445 g/mol. The average Bonchev–Trinajstić information content (AvgIpc) is 2.98. The van der Waals surface area contributed by atoms with Gasteiger partial charge in [-0.1, -0.05) is 30.4 Å². The fourth-order valence-corrected chi connectivity index (χ4v) is 3.03. The molecule has 6 nitrogen and oxygen atoms in total. The third-order valence-corrected chi connectivity index (χ3v) is 4.58. The molecule has 1 N–H and O–H groups in total. The summed E-state index contributed by atoms with van der Waals surface area (Å²) in [6.07, 6.45) is 18.3. The number of carbonyl (C=O) groups is 3. The van der Waals surface area contributed by atoms with Crippen LogP contribution in [0.1, 0.15) is 79.6 Å². The number of hydrogen-bond acceptors (Lipinski definition) is 5. The molecular weight excluding hydrogens is 406 g/mol. The predicted octanol–water partition coefficient (Wildman–Crippen LogP) is 5.74. The molecule has 0 saturated heterocycles. The highest BCUT2D eigenvalue weighted by molar-refractivity contribution is 5.93. The Morgan fingerprint density at radius 3 is 2.47 bits per heavy atom. The fourth-order valence-electron chi connectivity index (χ4n) is 3.03. The van der Waals surface area contributed by atoms with Crippen molar-refractivity contribution in [2.75, 3.05) is 0 Å². The zero-order chi connectivity index (χ0) is 24.0. The number of nitrogens with one attached hydrogen (secondary N) is 1. The Balaban J connectivity index is 2.07. The quantitative estimate of drug-likeness (QED) is 0.169. The van der Waals surface area contributed by atoms with E-state index in [0.29, 0.717) is 18.4 Å². The number of ether oxygens (including phenoxy) is 2. The van der Waals surface area contributed by atoms with Crippen LogP contribution >= 0.6 is 0 Å². The molecule has 0 bridgehead atoms. The number of carbonyl (C=O) groups excluding carboxylic acids is 3. The lowest BCUT2D eigenvalue weighted by atomic mass is 10.1. The predicted molar refractivity (Wildman–Crippen MR) is 127 cm³/mol. The van der Waals surface area contributed by atoms with E-state index in [1.807, 2.05) is 58.9 Å². The van der Waals surface area contributed by atoms with Crippen molar-refractivity contribution in [3.63, 3.8) is 0 Å². The third-order valence-electron chi connectivity index (χ3n) is 4.58. The minimum atomic E-state index is -0.515. The number of amides is 1. The molecule has 32 heavy (non-hydrogen) atoms. The highest BCUT2D eigenvalue weighted by atomic mass is 16.6. The van der Waals surface area contributed by atoms with E-state index in [4.69, 9.17) is 9.47 Å². The zero-order valence-electron chi connectivity index (χ0n) is 20.2. The number of alkyl carbamates (subject to hydrolysis) is 1. The number of allylic oxidation sites excluding steroid dienone is 5. The molecule has 0 unspecified atom stereocenters. The number of esters is 1. The van der Waals surface area contributed by atoms with Crippen LogP contribution in [0.5, 0.6) is 0 Å². The second kappa shape index (κ2) is 14.4. The lowest BCUT2D eigenvalue weighted by Crippen LogP contribution is -2.37. The topological polar surface area (TPSA) is 81.7 Å². The first-order valence-corrected chi connectivity index (χ1v) is 11.5. The molecule has 1 rings (SSSR count). The summed E-state index contributed by atoms with van der Waals surface area (Å²) in [5.74, 6) is -0.164. The number of cyclic esters (lactones) is 1. The molecular formula is C26H39NO5. The van der Waals surface area contributed by atoms with Crippen LogP contribution in [-0.4, -0.2) is 35.6 Å². The van der Waals surface area contributed by atoms with E-state index < -0.39 is 11.7 Å². The number of ketones is 1. The second-order valence-electron chi connectivity index (χ2n) is 9.11. The maximum atomic E-state index is 11.9. The standard InChI is InChI=1S/C26H39NO5/c1-20(27-25(30)32-26(3,4)5)15-14-18-23(28)17-13-11-9-7-6-8-10-12-16-22-19-21(2)31-24(22)29/h9,11-13,16-17,19-21H,6-8,10,14-15,18H2,1-5H3,(H,27,30)/b11-9+,16-12+,17-13+/t20-,21-/m0/s1. The van der Waals surface area contributed by atoms with Gasteiger partial charge in [0.1, 0.15) is 11.7 Å². The molecule has 0 aromatic carbocycles. The van der Waals surface area contributed by atoms with E-state index in [0.717, 1.165) is 32.1 Å². The van der Waals surface area contributed by atoms with Crippen LogP contribution < -0.4 is 5.32 Å². The van der Waals surface area contributed by atoms with Crippen molar-refractivity contribution in [3.8, 4) is 0 Å². The Labute approximate surface area is 192 Å². The van der Waals surface area contributed by atoms with Crippen LogP contribution in [0.25, 0.3) is 0 Å². The summed E-state index contributed by atoms with van der Waals surface area (Å²) in [5.41, 5.74) is 0.124. The smallest absolute Gasteiger partial charge is 0.407 e.